The van der Waals surface area contributed by atoms with E-state index in [1.165, 1.54) is 11.1 Å². The van der Waals surface area contributed by atoms with Gasteiger partial charge < -0.3 is 15.4 Å². The lowest BCUT2D eigenvalue weighted by Crippen LogP contribution is -2.23. The van der Waals surface area contributed by atoms with Gasteiger partial charge in [-0.05, 0) is 36.6 Å². The molecule has 2 rings (SSSR count). The third-order valence-corrected chi connectivity index (χ3v) is 3.54. The zero-order valence-electron chi connectivity index (χ0n) is 14.3. The average Bonchev–Trinajstić information content (AvgIpc) is 2.61. The van der Waals surface area contributed by atoms with Gasteiger partial charge in [-0.2, -0.15) is 0 Å². The van der Waals surface area contributed by atoms with Gasteiger partial charge in [-0.15, -0.1) is 0 Å². The number of benzene rings is 1. The highest BCUT2D eigenvalue weighted by Gasteiger charge is 2.07. The van der Waals surface area contributed by atoms with Crippen molar-refractivity contribution in [2.24, 2.45) is 0 Å². The molecule has 0 aliphatic carbocycles. The molecule has 0 fully saturated rings. The van der Waals surface area contributed by atoms with E-state index in [1.54, 1.807) is 12.3 Å². The lowest BCUT2D eigenvalue weighted by Gasteiger charge is -2.12. The summed E-state index contributed by atoms with van der Waals surface area (Å²) in [6.07, 6.45) is 2.66. The lowest BCUT2D eigenvalue weighted by molar-refractivity contribution is 0.0951. The van der Waals surface area contributed by atoms with Crippen LogP contribution in [0.1, 0.15) is 41.9 Å². The Kier molecular flexibility index (Phi) is 7.23. The molecule has 1 aromatic carbocycles. The summed E-state index contributed by atoms with van der Waals surface area (Å²) < 4.78 is 5.65. The molecular weight excluding hydrogens is 302 g/mol. The highest BCUT2D eigenvalue weighted by Crippen LogP contribution is 2.14. The molecule has 0 saturated carbocycles. The van der Waals surface area contributed by atoms with E-state index >= 15 is 0 Å². The van der Waals surface area contributed by atoms with Crippen molar-refractivity contribution in [2.75, 3.05) is 18.5 Å². The van der Waals surface area contributed by atoms with Gasteiger partial charge in [-0.25, -0.2) is 0 Å². The number of rotatable bonds is 9. The summed E-state index contributed by atoms with van der Waals surface area (Å²) in [6, 6.07) is 11.8. The first-order valence-electron chi connectivity index (χ1n) is 8.37. The Morgan fingerprint density at radius 2 is 1.96 bits per heavy atom. The molecule has 0 bridgehead atoms. The second-order valence-electron chi connectivity index (χ2n) is 5.46. The van der Waals surface area contributed by atoms with Crippen LogP contribution in [0.25, 0.3) is 0 Å². The number of aromatic nitrogens is 1. The van der Waals surface area contributed by atoms with Gasteiger partial charge in [0, 0.05) is 31.6 Å². The first-order chi connectivity index (χ1) is 11.7. The minimum absolute atomic E-state index is 0.158. The fourth-order valence-electron chi connectivity index (χ4n) is 2.31. The van der Waals surface area contributed by atoms with Crippen molar-refractivity contribution in [1.29, 1.82) is 0 Å². The molecule has 0 spiro atoms. The number of carbonyl (C=O) groups excluding carboxylic acids is 1. The lowest BCUT2D eigenvalue weighted by atomic mass is 10.1. The van der Waals surface area contributed by atoms with Crippen LogP contribution in [0.3, 0.4) is 0 Å². The maximum absolute atomic E-state index is 11.9. The molecule has 2 aromatic rings. The minimum atomic E-state index is -0.158. The molecule has 1 aromatic heterocycles. The number of hydrogen-bond acceptors (Lipinski definition) is 4. The summed E-state index contributed by atoms with van der Waals surface area (Å²) in [7, 11) is 0. The summed E-state index contributed by atoms with van der Waals surface area (Å²) in [5.41, 5.74) is 3.65. The summed E-state index contributed by atoms with van der Waals surface area (Å²) in [5, 5.41) is 6.11. The molecule has 0 atom stereocenters. The van der Waals surface area contributed by atoms with E-state index < -0.39 is 0 Å². The highest BCUT2D eigenvalue weighted by atomic mass is 16.5. The van der Waals surface area contributed by atoms with Crippen molar-refractivity contribution in [3.63, 3.8) is 0 Å². The topological polar surface area (TPSA) is 63.2 Å². The van der Waals surface area contributed by atoms with E-state index in [1.807, 2.05) is 25.1 Å². The Balaban J connectivity index is 2.00. The fourth-order valence-corrected chi connectivity index (χ4v) is 2.31. The predicted octanol–water partition coefficient (Wildman–Crippen LogP) is 3.37. The number of amides is 1. The van der Waals surface area contributed by atoms with Crippen LogP contribution in [0.2, 0.25) is 0 Å². The van der Waals surface area contributed by atoms with Crippen LogP contribution in [0, 0.1) is 0 Å². The molecule has 0 aliphatic rings. The molecule has 1 amide bonds. The number of anilines is 1. The van der Waals surface area contributed by atoms with Crippen LogP contribution in [0.5, 0.6) is 0 Å². The third kappa shape index (κ3) is 5.35. The second-order valence-corrected chi connectivity index (χ2v) is 5.46. The molecule has 0 radical (unpaired) electrons. The largest absolute Gasteiger partial charge is 0.381 e. The Morgan fingerprint density at radius 3 is 2.71 bits per heavy atom. The predicted molar refractivity (Wildman–Crippen MR) is 96.0 cm³/mol. The van der Waals surface area contributed by atoms with Gasteiger partial charge in [0.2, 0.25) is 0 Å². The van der Waals surface area contributed by atoms with Gasteiger partial charge in [0.25, 0.3) is 5.91 Å². The van der Waals surface area contributed by atoms with Crippen molar-refractivity contribution < 1.29 is 9.53 Å². The summed E-state index contributed by atoms with van der Waals surface area (Å²) in [5.74, 6) is -0.158. The molecule has 24 heavy (non-hydrogen) atoms. The van der Waals surface area contributed by atoms with E-state index in [4.69, 9.17) is 4.74 Å². The van der Waals surface area contributed by atoms with E-state index in [9.17, 15) is 4.79 Å². The molecule has 0 unspecified atom stereocenters. The van der Waals surface area contributed by atoms with Crippen LogP contribution in [0.4, 0.5) is 5.69 Å². The first kappa shape index (κ1) is 17.9. The van der Waals surface area contributed by atoms with Crippen molar-refractivity contribution in [3.8, 4) is 0 Å². The normalized spacial score (nSPS) is 10.4. The molecule has 1 heterocycles. The number of pyridine rings is 1. The van der Waals surface area contributed by atoms with Crippen LogP contribution >= 0.6 is 0 Å². The Morgan fingerprint density at radius 1 is 1.17 bits per heavy atom. The average molecular weight is 327 g/mol. The van der Waals surface area contributed by atoms with Gasteiger partial charge in [0.05, 0.1) is 6.61 Å². The van der Waals surface area contributed by atoms with Gasteiger partial charge in [-0.1, -0.05) is 31.2 Å². The maximum atomic E-state index is 11.9. The highest BCUT2D eigenvalue weighted by molar-refractivity contribution is 5.93. The molecular formula is C19H25N3O2. The molecule has 0 saturated heterocycles. The molecule has 128 valence electrons. The third-order valence-electron chi connectivity index (χ3n) is 3.54. The van der Waals surface area contributed by atoms with E-state index in [0.29, 0.717) is 25.4 Å². The van der Waals surface area contributed by atoms with E-state index in [2.05, 4.69) is 34.7 Å². The van der Waals surface area contributed by atoms with Crippen molar-refractivity contribution >= 4 is 11.6 Å². The summed E-state index contributed by atoms with van der Waals surface area (Å²) in [6.45, 7) is 6.63. The molecule has 2 N–H and O–H groups in total. The van der Waals surface area contributed by atoms with Crippen LogP contribution < -0.4 is 10.6 Å². The Bertz CT molecular complexity index is 659. The summed E-state index contributed by atoms with van der Waals surface area (Å²) in [4.78, 5) is 16.0. The second kappa shape index (κ2) is 9.67. The number of nitrogens with one attached hydrogen (secondary N) is 2. The monoisotopic (exact) mass is 327 g/mol. The molecule has 0 aliphatic heterocycles. The fraction of sp³-hybridized carbons (Fsp3) is 0.368. The van der Waals surface area contributed by atoms with E-state index in [0.717, 1.165) is 18.7 Å². The number of nitrogens with zero attached hydrogens (tertiary/aromatic N) is 1. The quantitative estimate of drug-likeness (QED) is 0.693. The Hall–Kier alpha value is -2.40. The van der Waals surface area contributed by atoms with Crippen molar-refractivity contribution in [1.82, 2.24) is 10.3 Å². The summed E-state index contributed by atoms with van der Waals surface area (Å²) >= 11 is 0. The number of carbonyl (C=O) groups is 1. The zero-order chi connectivity index (χ0) is 17.2. The maximum Gasteiger partial charge on any atom is 0.269 e. The number of hydrogen-bond donors (Lipinski definition) is 2. The van der Waals surface area contributed by atoms with Crippen LogP contribution in [0.15, 0.2) is 42.6 Å². The SMILES string of the molecule is CCCOCc1ccccc1CNc1ccnc(C(=O)NCC)c1. The van der Waals surface area contributed by atoms with E-state index in [-0.39, 0.29) is 5.91 Å². The smallest absolute Gasteiger partial charge is 0.269 e. The minimum Gasteiger partial charge on any atom is -0.381 e. The zero-order valence-corrected chi connectivity index (χ0v) is 14.3. The van der Waals surface area contributed by atoms with Crippen LogP contribution in [-0.4, -0.2) is 24.0 Å². The Labute approximate surface area is 143 Å². The first-order valence-corrected chi connectivity index (χ1v) is 8.37. The van der Waals surface area contributed by atoms with Gasteiger partial charge >= 0.3 is 0 Å². The van der Waals surface area contributed by atoms with Gasteiger partial charge in [0.15, 0.2) is 0 Å². The molecule has 5 heteroatoms. The van der Waals surface area contributed by atoms with Crippen molar-refractivity contribution in [2.45, 2.75) is 33.4 Å². The van der Waals surface area contributed by atoms with Gasteiger partial charge in [0.1, 0.15) is 5.69 Å². The molecule has 5 nitrogen and oxygen atoms in total. The van der Waals surface area contributed by atoms with Crippen LogP contribution in [-0.2, 0) is 17.9 Å². The van der Waals surface area contributed by atoms with Crippen molar-refractivity contribution in [3.05, 3.63) is 59.4 Å². The standard InChI is InChI=1S/C19H25N3O2/c1-3-11-24-14-16-8-6-5-7-15(16)13-22-17-9-10-21-18(12-17)19(23)20-4-2/h5-10,12H,3-4,11,13-14H2,1-2H3,(H,20,23)(H,21,22). The number of ether oxygens (including phenoxy) is 1. The van der Waals surface area contributed by atoms with Gasteiger partial charge in [-0.3, -0.25) is 9.78 Å².